The molecule has 0 aliphatic carbocycles. The van der Waals surface area contributed by atoms with Gasteiger partial charge in [-0.25, -0.2) is 0 Å². The number of carboxylic acid groups (broad SMARTS) is 1. The van der Waals surface area contributed by atoms with Crippen LogP contribution in [0, 0.1) is 11.3 Å². The summed E-state index contributed by atoms with van der Waals surface area (Å²) in [6, 6.07) is 0. The first-order chi connectivity index (χ1) is 9.14. The number of carbonyl (C=O) groups excluding carboxylic acids is 1. The molecule has 0 radical (unpaired) electrons. The second-order valence-corrected chi connectivity index (χ2v) is 5.46. The first-order valence-corrected chi connectivity index (χ1v) is 6.94. The minimum Gasteiger partial charge on any atom is -0.481 e. The molecule has 0 aromatic heterocycles. The van der Waals surface area contributed by atoms with Gasteiger partial charge >= 0.3 is 5.97 Å². The highest BCUT2D eigenvalue weighted by molar-refractivity contribution is 5.81. The molecule has 1 unspecified atom stereocenters. The van der Waals surface area contributed by atoms with Crippen molar-refractivity contribution in [3.63, 3.8) is 0 Å². The number of amides is 1. The van der Waals surface area contributed by atoms with Gasteiger partial charge in [0, 0.05) is 26.3 Å². The van der Waals surface area contributed by atoms with Crippen LogP contribution in [0.4, 0.5) is 0 Å². The summed E-state index contributed by atoms with van der Waals surface area (Å²) in [6.07, 6.45) is 2.80. The molecule has 108 valence electrons. The number of piperidine rings is 1. The van der Waals surface area contributed by atoms with Crippen molar-refractivity contribution in [3.8, 4) is 0 Å². The Morgan fingerprint density at radius 3 is 2.68 bits per heavy atom. The van der Waals surface area contributed by atoms with E-state index in [1.165, 1.54) is 0 Å². The van der Waals surface area contributed by atoms with Crippen LogP contribution < -0.4 is 10.6 Å². The molecule has 2 aliphatic rings. The fourth-order valence-corrected chi connectivity index (χ4v) is 2.70. The lowest BCUT2D eigenvalue weighted by atomic mass is 9.80. The zero-order valence-corrected chi connectivity index (χ0v) is 11.1. The molecule has 0 saturated carbocycles. The van der Waals surface area contributed by atoms with E-state index in [0.29, 0.717) is 32.6 Å². The minimum atomic E-state index is -0.851. The van der Waals surface area contributed by atoms with Crippen molar-refractivity contribution in [3.05, 3.63) is 0 Å². The maximum Gasteiger partial charge on any atom is 0.311 e. The van der Waals surface area contributed by atoms with E-state index in [9.17, 15) is 14.7 Å². The molecule has 1 amide bonds. The highest BCUT2D eigenvalue weighted by atomic mass is 16.5. The van der Waals surface area contributed by atoms with Crippen molar-refractivity contribution < 1.29 is 19.4 Å². The molecule has 2 heterocycles. The average Bonchev–Trinajstić information content (AvgIpc) is 2.46. The first kappa shape index (κ1) is 14.3. The van der Waals surface area contributed by atoms with Crippen LogP contribution in [0.25, 0.3) is 0 Å². The molecule has 1 atom stereocenters. The lowest BCUT2D eigenvalue weighted by Crippen LogP contribution is -2.49. The number of carboxylic acids is 1. The fourth-order valence-electron chi connectivity index (χ4n) is 2.70. The van der Waals surface area contributed by atoms with Crippen LogP contribution >= 0.6 is 0 Å². The van der Waals surface area contributed by atoms with E-state index >= 15 is 0 Å². The van der Waals surface area contributed by atoms with Gasteiger partial charge in [-0.3, -0.25) is 9.59 Å². The van der Waals surface area contributed by atoms with Crippen LogP contribution in [0.2, 0.25) is 0 Å². The first-order valence-electron chi connectivity index (χ1n) is 6.94. The lowest BCUT2D eigenvalue weighted by molar-refractivity contribution is -0.154. The number of aliphatic carboxylic acids is 1. The van der Waals surface area contributed by atoms with Crippen molar-refractivity contribution in [2.24, 2.45) is 11.3 Å². The molecule has 0 spiro atoms. The molecule has 2 rings (SSSR count). The maximum atomic E-state index is 12.0. The molecule has 6 nitrogen and oxygen atoms in total. The van der Waals surface area contributed by atoms with Crippen LogP contribution in [-0.2, 0) is 14.3 Å². The molecular formula is C13H22N2O4. The summed E-state index contributed by atoms with van der Waals surface area (Å²) in [7, 11) is 0. The van der Waals surface area contributed by atoms with Gasteiger partial charge in [-0.15, -0.1) is 0 Å². The molecule has 2 fully saturated rings. The fraction of sp³-hybridized carbons (Fsp3) is 0.846. The van der Waals surface area contributed by atoms with Gasteiger partial charge < -0.3 is 20.5 Å². The molecule has 2 saturated heterocycles. The van der Waals surface area contributed by atoms with Crippen molar-refractivity contribution in [1.82, 2.24) is 10.6 Å². The van der Waals surface area contributed by atoms with E-state index in [2.05, 4.69) is 10.6 Å². The van der Waals surface area contributed by atoms with Crippen LogP contribution in [0.3, 0.4) is 0 Å². The highest BCUT2D eigenvalue weighted by Crippen LogP contribution is 2.30. The molecule has 6 heteroatoms. The van der Waals surface area contributed by atoms with Gasteiger partial charge in [0.05, 0.1) is 11.3 Å². The van der Waals surface area contributed by atoms with Crippen LogP contribution in [0.15, 0.2) is 0 Å². The SMILES string of the molecule is O=C(NCC1(C(=O)O)CCOCC1)C1CCCNC1. The molecule has 0 bridgehead atoms. The summed E-state index contributed by atoms with van der Waals surface area (Å²) < 4.78 is 5.21. The summed E-state index contributed by atoms with van der Waals surface area (Å²) in [5, 5.41) is 15.4. The molecule has 2 aliphatic heterocycles. The largest absolute Gasteiger partial charge is 0.481 e. The van der Waals surface area contributed by atoms with Crippen LogP contribution in [-0.4, -0.2) is 49.8 Å². The number of carbonyl (C=O) groups is 2. The Hall–Kier alpha value is -1.14. The van der Waals surface area contributed by atoms with Crippen LogP contribution in [0.5, 0.6) is 0 Å². The van der Waals surface area contributed by atoms with Gasteiger partial charge in [0.25, 0.3) is 0 Å². The van der Waals surface area contributed by atoms with Crippen molar-refractivity contribution >= 4 is 11.9 Å². The third kappa shape index (κ3) is 3.45. The molecule has 19 heavy (non-hydrogen) atoms. The van der Waals surface area contributed by atoms with Gasteiger partial charge in [-0.05, 0) is 32.2 Å². The van der Waals surface area contributed by atoms with Gasteiger partial charge in [0.1, 0.15) is 0 Å². The van der Waals surface area contributed by atoms with Gasteiger partial charge in [-0.1, -0.05) is 0 Å². The third-order valence-electron chi connectivity index (χ3n) is 4.17. The molecule has 3 N–H and O–H groups in total. The lowest BCUT2D eigenvalue weighted by Gasteiger charge is -2.33. The summed E-state index contributed by atoms with van der Waals surface area (Å²) >= 11 is 0. The molecule has 0 aromatic rings. The van der Waals surface area contributed by atoms with Crippen molar-refractivity contribution in [1.29, 1.82) is 0 Å². The molecular weight excluding hydrogens is 248 g/mol. The van der Waals surface area contributed by atoms with E-state index in [0.717, 1.165) is 19.4 Å². The van der Waals surface area contributed by atoms with Crippen molar-refractivity contribution in [2.45, 2.75) is 25.7 Å². The summed E-state index contributed by atoms with van der Waals surface area (Å²) in [6.45, 7) is 2.76. The van der Waals surface area contributed by atoms with Crippen LogP contribution in [0.1, 0.15) is 25.7 Å². The Morgan fingerprint density at radius 2 is 2.11 bits per heavy atom. The van der Waals surface area contributed by atoms with Gasteiger partial charge in [-0.2, -0.15) is 0 Å². The topological polar surface area (TPSA) is 87.7 Å². The predicted octanol–water partition coefficient (Wildman–Crippen LogP) is -0.0164. The summed E-state index contributed by atoms with van der Waals surface area (Å²) in [5.41, 5.74) is -0.851. The van der Waals surface area contributed by atoms with Crippen molar-refractivity contribution in [2.75, 3.05) is 32.8 Å². The number of hydrogen-bond acceptors (Lipinski definition) is 4. The third-order valence-corrected chi connectivity index (χ3v) is 4.17. The standard InChI is InChI=1S/C13H22N2O4/c16-11(10-2-1-5-14-8-10)15-9-13(12(17)18)3-6-19-7-4-13/h10,14H,1-9H2,(H,15,16)(H,17,18). The Balaban J connectivity index is 1.87. The smallest absolute Gasteiger partial charge is 0.311 e. The monoisotopic (exact) mass is 270 g/mol. The summed E-state index contributed by atoms with van der Waals surface area (Å²) in [5.74, 6) is -0.892. The maximum absolute atomic E-state index is 12.0. The Morgan fingerprint density at radius 1 is 1.37 bits per heavy atom. The van der Waals surface area contributed by atoms with E-state index in [1.54, 1.807) is 0 Å². The quantitative estimate of drug-likeness (QED) is 0.668. The van der Waals surface area contributed by atoms with Gasteiger partial charge in [0.15, 0.2) is 0 Å². The predicted molar refractivity (Wildman–Crippen MR) is 68.7 cm³/mol. The second-order valence-electron chi connectivity index (χ2n) is 5.46. The Labute approximate surface area is 112 Å². The number of hydrogen-bond donors (Lipinski definition) is 3. The number of rotatable bonds is 4. The normalized spacial score (nSPS) is 26.6. The Kier molecular flexibility index (Phi) is 4.76. The van der Waals surface area contributed by atoms with E-state index in [4.69, 9.17) is 4.74 Å². The second kappa shape index (κ2) is 6.34. The molecule has 0 aromatic carbocycles. The zero-order chi connectivity index (χ0) is 13.7. The zero-order valence-electron chi connectivity index (χ0n) is 11.1. The van der Waals surface area contributed by atoms with E-state index in [-0.39, 0.29) is 18.4 Å². The highest BCUT2D eigenvalue weighted by Gasteiger charge is 2.40. The number of nitrogens with one attached hydrogen (secondary N) is 2. The van der Waals surface area contributed by atoms with Gasteiger partial charge in [0.2, 0.25) is 5.91 Å². The van der Waals surface area contributed by atoms with E-state index in [1.807, 2.05) is 0 Å². The average molecular weight is 270 g/mol. The Bertz CT molecular complexity index is 334. The number of ether oxygens (including phenoxy) is 1. The minimum absolute atomic E-state index is 0.0283. The summed E-state index contributed by atoms with van der Waals surface area (Å²) in [4.78, 5) is 23.5. The van der Waals surface area contributed by atoms with E-state index < -0.39 is 11.4 Å².